The summed E-state index contributed by atoms with van der Waals surface area (Å²) in [6.07, 6.45) is 0.807. The number of rotatable bonds is 3. The average molecular weight is 302 g/mol. The minimum atomic E-state index is -0.316. The molecule has 16 heavy (non-hydrogen) atoms. The Labute approximate surface area is 104 Å². The molecule has 0 fully saturated rings. The zero-order valence-electron chi connectivity index (χ0n) is 8.32. The lowest BCUT2D eigenvalue weighted by molar-refractivity contribution is 0.102. The van der Waals surface area contributed by atoms with Crippen LogP contribution in [0.5, 0.6) is 0 Å². The van der Waals surface area contributed by atoms with Gasteiger partial charge in [0, 0.05) is 5.38 Å². The molecule has 0 aromatic carbocycles. The van der Waals surface area contributed by atoms with E-state index in [0.29, 0.717) is 5.82 Å². The van der Waals surface area contributed by atoms with Crippen molar-refractivity contribution < 1.29 is 4.79 Å². The number of aromatic nitrogens is 4. The zero-order chi connectivity index (χ0) is 11.5. The maximum absolute atomic E-state index is 11.6. The minimum absolute atomic E-state index is 0.290. The number of H-pyrrole nitrogens is 1. The summed E-state index contributed by atoms with van der Waals surface area (Å²) in [4.78, 5) is 11.6. The SMILES string of the molecule is CCc1[nH]nc(NC(=O)c2csnn2)c1Br. The molecule has 1 amide bonds. The highest BCUT2D eigenvalue weighted by Gasteiger charge is 2.14. The number of halogens is 1. The Balaban J connectivity index is 2.15. The molecule has 0 spiro atoms. The summed E-state index contributed by atoms with van der Waals surface area (Å²) in [5.41, 5.74) is 1.23. The summed E-state index contributed by atoms with van der Waals surface area (Å²) >= 11 is 4.49. The lowest BCUT2D eigenvalue weighted by Crippen LogP contribution is -2.13. The summed E-state index contributed by atoms with van der Waals surface area (Å²) in [6, 6.07) is 0. The summed E-state index contributed by atoms with van der Waals surface area (Å²) in [5.74, 6) is 0.151. The molecular weight excluding hydrogens is 294 g/mol. The topological polar surface area (TPSA) is 83.6 Å². The van der Waals surface area contributed by atoms with Crippen LogP contribution in [0.2, 0.25) is 0 Å². The van der Waals surface area contributed by atoms with Crippen molar-refractivity contribution in [1.29, 1.82) is 0 Å². The Morgan fingerprint density at radius 1 is 1.69 bits per heavy atom. The molecule has 2 rings (SSSR count). The minimum Gasteiger partial charge on any atom is -0.303 e. The van der Waals surface area contributed by atoms with Crippen molar-refractivity contribution in [2.24, 2.45) is 0 Å². The van der Waals surface area contributed by atoms with E-state index < -0.39 is 0 Å². The Hall–Kier alpha value is -1.28. The molecule has 0 atom stereocenters. The number of carbonyl (C=O) groups is 1. The number of aromatic amines is 1. The van der Waals surface area contributed by atoms with E-state index in [2.05, 4.69) is 41.0 Å². The van der Waals surface area contributed by atoms with Gasteiger partial charge < -0.3 is 5.32 Å². The number of nitrogens with zero attached hydrogens (tertiary/aromatic N) is 3. The monoisotopic (exact) mass is 301 g/mol. The van der Waals surface area contributed by atoms with E-state index in [0.717, 1.165) is 28.1 Å². The van der Waals surface area contributed by atoms with Crippen molar-refractivity contribution in [2.45, 2.75) is 13.3 Å². The normalized spacial score (nSPS) is 10.4. The van der Waals surface area contributed by atoms with E-state index in [4.69, 9.17) is 0 Å². The van der Waals surface area contributed by atoms with Crippen LogP contribution in [0.25, 0.3) is 0 Å². The Bertz CT molecular complexity index is 495. The number of nitrogens with one attached hydrogen (secondary N) is 2. The summed E-state index contributed by atoms with van der Waals surface area (Å²) in [6.45, 7) is 1.99. The Kier molecular flexibility index (Phi) is 3.30. The standard InChI is InChI=1S/C8H8BrN5OS/c1-2-4-6(9)7(13-11-4)10-8(15)5-3-16-14-12-5/h3H,2H2,1H3,(H2,10,11,13,15). The molecule has 0 radical (unpaired) electrons. The van der Waals surface area contributed by atoms with Crippen LogP contribution in [0.3, 0.4) is 0 Å². The first-order chi connectivity index (χ1) is 7.72. The molecule has 0 aliphatic carbocycles. The van der Waals surface area contributed by atoms with Crippen LogP contribution in [0.1, 0.15) is 23.1 Å². The van der Waals surface area contributed by atoms with Gasteiger partial charge in [0.2, 0.25) is 0 Å². The van der Waals surface area contributed by atoms with E-state index in [1.165, 1.54) is 0 Å². The van der Waals surface area contributed by atoms with Crippen LogP contribution in [0.15, 0.2) is 9.85 Å². The molecule has 0 unspecified atom stereocenters. The van der Waals surface area contributed by atoms with Gasteiger partial charge in [-0.15, -0.1) is 5.10 Å². The lowest BCUT2D eigenvalue weighted by atomic mass is 10.3. The van der Waals surface area contributed by atoms with Crippen molar-refractivity contribution in [3.05, 3.63) is 21.2 Å². The van der Waals surface area contributed by atoms with E-state index in [-0.39, 0.29) is 11.6 Å². The van der Waals surface area contributed by atoms with Gasteiger partial charge in [0.05, 0.1) is 10.2 Å². The van der Waals surface area contributed by atoms with Crippen LogP contribution >= 0.6 is 27.5 Å². The molecule has 0 bridgehead atoms. The maximum atomic E-state index is 11.6. The smallest absolute Gasteiger partial charge is 0.278 e. The molecule has 2 aromatic heterocycles. The van der Waals surface area contributed by atoms with Crippen molar-refractivity contribution in [2.75, 3.05) is 5.32 Å². The predicted molar refractivity (Wildman–Crippen MR) is 63.5 cm³/mol. The average Bonchev–Trinajstić information content (AvgIpc) is 2.89. The first kappa shape index (κ1) is 11.2. The third-order valence-electron chi connectivity index (χ3n) is 1.95. The second kappa shape index (κ2) is 4.71. The van der Waals surface area contributed by atoms with Crippen molar-refractivity contribution in [1.82, 2.24) is 19.8 Å². The molecule has 2 heterocycles. The molecule has 0 saturated carbocycles. The number of carbonyl (C=O) groups excluding carboxylic acids is 1. The highest BCUT2D eigenvalue weighted by Crippen LogP contribution is 2.24. The fraction of sp³-hybridized carbons (Fsp3) is 0.250. The van der Waals surface area contributed by atoms with Gasteiger partial charge in [0.15, 0.2) is 11.5 Å². The van der Waals surface area contributed by atoms with E-state index in [1.54, 1.807) is 5.38 Å². The molecule has 6 nitrogen and oxygen atoms in total. The quantitative estimate of drug-likeness (QED) is 0.906. The van der Waals surface area contributed by atoms with E-state index in [1.807, 2.05) is 6.92 Å². The second-order valence-corrected chi connectivity index (χ2v) is 4.37. The highest BCUT2D eigenvalue weighted by atomic mass is 79.9. The van der Waals surface area contributed by atoms with Crippen molar-refractivity contribution in [3.63, 3.8) is 0 Å². The van der Waals surface area contributed by atoms with E-state index in [9.17, 15) is 4.79 Å². The molecular formula is C8H8BrN5OS. The molecule has 2 N–H and O–H groups in total. The van der Waals surface area contributed by atoms with Gasteiger partial charge in [0.25, 0.3) is 5.91 Å². The summed E-state index contributed by atoms with van der Waals surface area (Å²) in [5, 5.41) is 14.7. The van der Waals surface area contributed by atoms with Crippen molar-refractivity contribution >= 4 is 39.2 Å². The largest absolute Gasteiger partial charge is 0.303 e. The third kappa shape index (κ3) is 2.12. The van der Waals surface area contributed by atoms with Gasteiger partial charge in [-0.3, -0.25) is 9.89 Å². The van der Waals surface area contributed by atoms with E-state index >= 15 is 0 Å². The van der Waals surface area contributed by atoms with Gasteiger partial charge in [-0.25, -0.2) is 0 Å². The predicted octanol–water partition coefficient (Wildman–Crippen LogP) is 1.84. The van der Waals surface area contributed by atoms with Gasteiger partial charge >= 0.3 is 0 Å². The Morgan fingerprint density at radius 2 is 2.50 bits per heavy atom. The maximum Gasteiger partial charge on any atom is 0.278 e. The first-order valence-corrected chi connectivity index (χ1v) is 6.16. The van der Waals surface area contributed by atoms with Gasteiger partial charge in [-0.2, -0.15) is 5.10 Å². The summed E-state index contributed by atoms with van der Waals surface area (Å²) in [7, 11) is 0. The molecule has 0 aliphatic heterocycles. The molecule has 0 saturated heterocycles. The number of hydrogen-bond acceptors (Lipinski definition) is 5. The summed E-state index contributed by atoms with van der Waals surface area (Å²) < 4.78 is 4.39. The molecule has 8 heteroatoms. The fourth-order valence-electron chi connectivity index (χ4n) is 1.12. The fourth-order valence-corrected chi connectivity index (χ4v) is 2.11. The first-order valence-electron chi connectivity index (χ1n) is 4.53. The molecule has 84 valence electrons. The zero-order valence-corrected chi connectivity index (χ0v) is 10.7. The number of anilines is 1. The number of amides is 1. The van der Waals surface area contributed by atoms with Gasteiger partial charge in [-0.1, -0.05) is 11.4 Å². The Morgan fingerprint density at radius 3 is 3.06 bits per heavy atom. The van der Waals surface area contributed by atoms with Crippen LogP contribution < -0.4 is 5.32 Å². The van der Waals surface area contributed by atoms with Crippen molar-refractivity contribution in [3.8, 4) is 0 Å². The lowest BCUT2D eigenvalue weighted by Gasteiger charge is -1.98. The molecule has 0 aliphatic rings. The third-order valence-corrected chi connectivity index (χ3v) is 3.31. The van der Waals surface area contributed by atoms with Gasteiger partial charge in [-0.05, 0) is 33.9 Å². The van der Waals surface area contributed by atoms with Crippen LogP contribution in [0, 0.1) is 0 Å². The van der Waals surface area contributed by atoms with Gasteiger partial charge in [0.1, 0.15) is 0 Å². The van der Waals surface area contributed by atoms with Crippen LogP contribution in [-0.2, 0) is 6.42 Å². The number of hydrogen-bond donors (Lipinski definition) is 2. The van der Waals surface area contributed by atoms with Crippen LogP contribution in [0.4, 0.5) is 5.82 Å². The highest BCUT2D eigenvalue weighted by molar-refractivity contribution is 9.10. The second-order valence-electron chi connectivity index (χ2n) is 2.96. The number of aryl methyl sites for hydroxylation is 1. The van der Waals surface area contributed by atoms with Crippen LogP contribution in [-0.4, -0.2) is 25.7 Å². The molecule has 2 aromatic rings.